The number of benzene rings is 9. The molecule has 0 radical (unpaired) electrons. The fourth-order valence-corrected chi connectivity index (χ4v) is 10.5. The van der Waals surface area contributed by atoms with Crippen molar-refractivity contribution < 1.29 is 0 Å². The zero-order valence-corrected chi connectivity index (χ0v) is 27.5. The summed E-state index contributed by atoms with van der Waals surface area (Å²) in [7, 11) is 0. The van der Waals surface area contributed by atoms with Gasteiger partial charge in [-0.25, -0.2) is 0 Å². The predicted octanol–water partition coefficient (Wildman–Crippen LogP) is 14.4. The van der Waals surface area contributed by atoms with Crippen LogP contribution in [0, 0.1) is 0 Å². The van der Waals surface area contributed by atoms with Gasteiger partial charge in [-0.2, -0.15) is 0 Å². The summed E-state index contributed by atoms with van der Waals surface area (Å²) in [4.78, 5) is 0. The third-order valence-electron chi connectivity index (χ3n) is 10.2. The number of thiophene rings is 2. The van der Waals surface area contributed by atoms with Crippen LogP contribution in [0.1, 0.15) is 0 Å². The van der Waals surface area contributed by atoms with Crippen LogP contribution < -0.4 is 0 Å². The molecule has 2 heteroatoms. The molecule has 0 aliphatic heterocycles. The van der Waals surface area contributed by atoms with Gasteiger partial charge < -0.3 is 0 Å². The van der Waals surface area contributed by atoms with Crippen molar-refractivity contribution in [3.8, 4) is 22.3 Å². The van der Waals surface area contributed by atoms with Crippen LogP contribution in [0.3, 0.4) is 0 Å². The summed E-state index contributed by atoms with van der Waals surface area (Å²) in [5.41, 5.74) is 5.13. The van der Waals surface area contributed by atoms with E-state index in [-0.39, 0.29) is 0 Å². The highest BCUT2D eigenvalue weighted by Gasteiger charge is 2.19. The summed E-state index contributed by atoms with van der Waals surface area (Å²) in [5.74, 6) is 0. The maximum Gasteiger partial charge on any atom is 0.0434 e. The van der Waals surface area contributed by atoms with Gasteiger partial charge in [-0.3, -0.25) is 0 Å². The van der Waals surface area contributed by atoms with Crippen molar-refractivity contribution >= 4 is 106 Å². The van der Waals surface area contributed by atoms with E-state index in [0.717, 1.165) is 0 Å². The van der Waals surface area contributed by atoms with Gasteiger partial charge in [0, 0.05) is 40.3 Å². The minimum absolute atomic E-state index is 1.26. The Labute approximate surface area is 284 Å². The zero-order valence-electron chi connectivity index (χ0n) is 25.8. The molecule has 0 saturated heterocycles. The molecule has 11 rings (SSSR count). The molecule has 48 heavy (non-hydrogen) atoms. The van der Waals surface area contributed by atoms with Crippen LogP contribution in [0.4, 0.5) is 0 Å². The molecule has 2 heterocycles. The molecule has 0 nitrogen and oxygen atoms in total. The third kappa shape index (κ3) is 3.70. The number of rotatable bonds is 2. The monoisotopic (exact) mass is 642 g/mol. The van der Waals surface area contributed by atoms with Gasteiger partial charge >= 0.3 is 0 Å². The van der Waals surface area contributed by atoms with Gasteiger partial charge in [0.2, 0.25) is 0 Å². The maximum atomic E-state index is 2.47. The highest BCUT2D eigenvalue weighted by molar-refractivity contribution is 7.28. The van der Waals surface area contributed by atoms with Crippen molar-refractivity contribution in [1.29, 1.82) is 0 Å². The maximum absolute atomic E-state index is 2.47. The Bertz CT molecular complexity index is 3060. The lowest BCUT2D eigenvalue weighted by molar-refractivity contribution is 1.69. The highest BCUT2D eigenvalue weighted by Crippen LogP contribution is 2.49. The van der Waals surface area contributed by atoms with E-state index in [1.165, 1.54) is 106 Å². The Kier molecular flexibility index (Phi) is 5.51. The Morgan fingerprint density at radius 3 is 1.50 bits per heavy atom. The van der Waals surface area contributed by atoms with Gasteiger partial charge in [-0.15, -0.1) is 22.7 Å². The fourth-order valence-electron chi connectivity index (χ4n) is 8.11. The van der Waals surface area contributed by atoms with Gasteiger partial charge in [0.25, 0.3) is 0 Å². The van der Waals surface area contributed by atoms with Crippen molar-refractivity contribution in [2.45, 2.75) is 0 Å². The summed E-state index contributed by atoms with van der Waals surface area (Å²) < 4.78 is 5.42. The van der Waals surface area contributed by atoms with Gasteiger partial charge in [0.15, 0.2) is 0 Å². The van der Waals surface area contributed by atoms with E-state index in [0.29, 0.717) is 0 Å². The van der Waals surface area contributed by atoms with E-state index in [1.807, 2.05) is 22.7 Å². The van der Waals surface area contributed by atoms with E-state index in [1.54, 1.807) is 0 Å². The second kappa shape index (κ2) is 9.98. The van der Waals surface area contributed by atoms with Gasteiger partial charge in [-0.05, 0) is 95.7 Å². The predicted molar refractivity (Wildman–Crippen MR) is 213 cm³/mol. The molecule has 0 spiro atoms. The molecule has 0 saturated carbocycles. The number of hydrogen-bond donors (Lipinski definition) is 0. The standard InChI is InChI=1S/C46H26S2/c1-2-11-29-25-30(18-17-27(29)9-1)42-33-13-5-7-15-35(33)43(36-16-8-6-14-34(36)42)31-20-22-39-38(26-31)45-40(47-39)23-24-41-44(45)37-21-19-28-10-3-4-12-32(28)46(37)48-41/h1-26H. The largest absolute Gasteiger partial charge is 0.135 e. The molecule has 9 aromatic carbocycles. The Balaban J connectivity index is 1.23. The molecule has 2 aromatic heterocycles. The lowest BCUT2D eigenvalue weighted by Gasteiger charge is -2.18. The zero-order chi connectivity index (χ0) is 31.3. The van der Waals surface area contributed by atoms with Crippen LogP contribution in [-0.4, -0.2) is 0 Å². The van der Waals surface area contributed by atoms with Crippen molar-refractivity contribution in [2.75, 3.05) is 0 Å². The normalized spacial score (nSPS) is 12.2. The van der Waals surface area contributed by atoms with Gasteiger partial charge in [0.1, 0.15) is 0 Å². The van der Waals surface area contributed by atoms with Crippen molar-refractivity contribution in [3.05, 3.63) is 158 Å². The molecule has 11 aromatic rings. The van der Waals surface area contributed by atoms with Crippen molar-refractivity contribution in [1.82, 2.24) is 0 Å². The SMILES string of the molecule is c1ccc2cc(-c3c4ccccc4c(-c4ccc5sc6ccc7sc8c9ccccc9ccc8c7c6c5c4)c4ccccc34)ccc2c1. The van der Waals surface area contributed by atoms with E-state index in [9.17, 15) is 0 Å². The first-order chi connectivity index (χ1) is 23.8. The fraction of sp³-hybridized carbons (Fsp3) is 0. The van der Waals surface area contributed by atoms with Crippen LogP contribution in [0.2, 0.25) is 0 Å². The van der Waals surface area contributed by atoms with E-state index in [2.05, 4.69) is 158 Å². The second-order valence-electron chi connectivity index (χ2n) is 12.8. The van der Waals surface area contributed by atoms with Crippen LogP contribution in [0.25, 0.3) is 106 Å². The Hall–Kier alpha value is -5.54. The molecule has 0 aliphatic carbocycles. The summed E-state index contributed by atoms with van der Waals surface area (Å²) >= 11 is 3.84. The lowest BCUT2D eigenvalue weighted by atomic mass is 9.85. The molecule has 222 valence electrons. The topological polar surface area (TPSA) is 0 Å². The first-order valence-electron chi connectivity index (χ1n) is 16.4. The van der Waals surface area contributed by atoms with Gasteiger partial charge in [0.05, 0.1) is 0 Å². The van der Waals surface area contributed by atoms with Crippen LogP contribution in [0.5, 0.6) is 0 Å². The van der Waals surface area contributed by atoms with Crippen molar-refractivity contribution in [3.63, 3.8) is 0 Å². The minimum atomic E-state index is 1.26. The summed E-state index contributed by atoms with van der Waals surface area (Å²) in [6.07, 6.45) is 0. The molecule has 0 amide bonds. The molecular weight excluding hydrogens is 617 g/mol. The molecule has 0 fully saturated rings. The molecule has 0 bridgehead atoms. The highest BCUT2D eigenvalue weighted by atomic mass is 32.1. The lowest BCUT2D eigenvalue weighted by Crippen LogP contribution is -1.91. The number of hydrogen-bond acceptors (Lipinski definition) is 2. The third-order valence-corrected chi connectivity index (χ3v) is 12.6. The summed E-state index contributed by atoms with van der Waals surface area (Å²) in [6.45, 7) is 0. The van der Waals surface area contributed by atoms with Crippen LogP contribution >= 0.6 is 22.7 Å². The Morgan fingerprint density at radius 1 is 0.292 bits per heavy atom. The minimum Gasteiger partial charge on any atom is -0.135 e. The van der Waals surface area contributed by atoms with E-state index < -0.39 is 0 Å². The van der Waals surface area contributed by atoms with Crippen LogP contribution in [-0.2, 0) is 0 Å². The van der Waals surface area contributed by atoms with E-state index >= 15 is 0 Å². The summed E-state index contributed by atoms with van der Waals surface area (Å²) in [6, 6.07) is 58.8. The average molecular weight is 643 g/mol. The average Bonchev–Trinajstić information content (AvgIpc) is 3.71. The first kappa shape index (κ1) is 26.5. The van der Waals surface area contributed by atoms with Crippen LogP contribution in [0.15, 0.2) is 158 Å². The second-order valence-corrected chi connectivity index (χ2v) is 14.9. The quantitative estimate of drug-likeness (QED) is 0.165. The Morgan fingerprint density at radius 2 is 0.792 bits per heavy atom. The molecule has 0 N–H and O–H groups in total. The molecule has 0 atom stereocenters. The molecule has 0 unspecified atom stereocenters. The first-order valence-corrected chi connectivity index (χ1v) is 18.1. The van der Waals surface area contributed by atoms with Crippen molar-refractivity contribution in [2.24, 2.45) is 0 Å². The molecular formula is C46H26S2. The van der Waals surface area contributed by atoms with Gasteiger partial charge in [-0.1, -0.05) is 127 Å². The molecule has 0 aliphatic rings. The van der Waals surface area contributed by atoms with E-state index in [4.69, 9.17) is 0 Å². The smallest absolute Gasteiger partial charge is 0.0434 e. The number of fused-ring (bicyclic) bond motifs is 12. The summed E-state index contributed by atoms with van der Waals surface area (Å²) in [5, 5.41) is 15.8.